The molecule has 0 aromatic heterocycles. The summed E-state index contributed by atoms with van der Waals surface area (Å²) in [6.45, 7) is 7.98. The van der Waals surface area contributed by atoms with Crippen molar-refractivity contribution in [3.8, 4) is 5.75 Å². The maximum absolute atomic E-state index is 6.03. The number of rotatable bonds is 7. The van der Waals surface area contributed by atoms with Crippen molar-refractivity contribution in [2.45, 2.75) is 46.4 Å². The highest BCUT2D eigenvalue weighted by atomic mass is 16.5. The average molecular weight is 283 g/mol. The van der Waals surface area contributed by atoms with Crippen molar-refractivity contribution in [1.82, 2.24) is 5.32 Å². The fourth-order valence-corrected chi connectivity index (χ4v) is 2.15. The Morgan fingerprint density at radius 2 is 1.67 bits per heavy atom. The molecule has 2 nitrogen and oxygen atoms in total. The number of para-hydroxylation sites is 1. The van der Waals surface area contributed by atoms with Crippen LogP contribution in [0.4, 0.5) is 0 Å². The van der Waals surface area contributed by atoms with Crippen molar-refractivity contribution in [3.05, 3.63) is 65.2 Å². The summed E-state index contributed by atoms with van der Waals surface area (Å²) >= 11 is 0. The normalized spacial score (nSPS) is 12.1. The van der Waals surface area contributed by atoms with Gasteiger partial charge in [0.25, 0.3) is 0 Å². The molecule has 0 amide bonds. The van der Waals surface area contributed by atoms with Crippen LogP contribution in [-0.4, -0.2) is 6.04 Å². The lowest BCUT2D eigenvalue weighted by molar-refractivity contribution is 0.301. The molecule has 0 spiro atoms. The summed E-state index contributed by atoms with van der Waals surface area (Å²) < 4.78 is 6.03. The van der Waals surface area contributed by atoms with Crippen LogP contribution in [0.5, 0.6) is 5.75 Å². The molecule has 112 valence electrons. The monoisotopic (exact) mass is 283 g/mol. The Morgan fingerprint density at radius 3 is 2.38 bits per heavy atom. The molecule has 21 heavy (non-hydrogen) atoms. The van der Waals surface area contributed by atoms with Crippen molar-refractivity contribution >= 4 is 0 Å². The molecule has 0 bridgehead atoms. The van der Waals surface area contributed by atoms with E-state index in [0.717, 1.165) is 18.7 Å². The Labute approximate surface area is 128 Å². The van der Waals surface area contributed by atoms with Crippen molar-refractivity contribution in [1.29, 1.82) is 0 Å². The highest BCUT2D eigenvalue weighted by molar-refractivity contribution is 5.34. The summed E-state index contributed by atoms with van der Waals surface area (Å²) in [4.78, 5) is 0. The minimum absolute atomic E-state index is 0.523. The van der Waals surface area contributed by atoms with Gasteiger partial charge in [-0.1, -0.05) is 49.4 Å². The third-order valence-electron chi connectivity index (χ3n) is 3.87. The smallest absolute Gasteiger partial charge is 0.124 e. The number of aryl methyl sites for hydroxylation is 1. The largest absolute Gasteiger partial charge is 0.489 e. The molecule has 2 aromatic carbocycles. The standard InChI is InChI=1S/C19H25NO/c1-4-16(3)20-13-17-10-7-8-12-19(17)21-14-18-11-6-5-9-15(18)2/h5-12,16,20H,4,13-14H2,1-3H3. The molecule has 2 aromatic rings. The lowest BCUT2D eigenvalue weighted by atomic mass is 10.1. The van der Waals surface area contributed by atoms with Gasteiger partial charge in [-0.15, -0.1) is 0 Å². The van der Waals surface area contributed by atoms with E-state index in [2.05, 4.69) is 62.5 Å². The molecule has 1 N–H and O–H groups in total. The molecule has 0 fully saturated rings. The van der Waals surface area contributed by atoms with E-state index in [1.807, 2.05) is 12.1 Å². The van der Waals surface area contributed by atoms with E-state index in [1.165, 1.54) is 16.7 Å². The van der Waals surface area contributed by atoms with Crippen LogP contribution in [0.15, 0.2) is 48.5 Å². The van der Waals surface area contributed by atoms with Gasteiger partial charge in [0.1, 0.15) is 12.4 Å². The fraction of sp³-hybridized carbons (Fsp3) is 0.368. The van der Waals surface area contributed by atoms with Crippen LogP contribution < -0.4 is 10.1 Å². The van der Waals surface area contributed by atoms with Crippen LogP contribution in [0.3, 0.4) is 0 Å². The Bertz CT molecular complexity index is 565. The molecule has 0 aliphatic rings. The van der Waals surface area contributed by atoms with E-state index < -0.39 is 0 Å². The number of ether oxygens (including phenoxy) is 1. The minimum Gasteiger partial charge on any atom is -0.489 e. The zero-order valence-electron chi connectivity index (χ0n) is 13.2. The van der Waals surface area contributed by atoms with Crippen LogP contribution in [-0.2, 0) is 13.2 Å². The summed E-state index contributed by atoms with van der Waals surface area (Å²) in [6, 6.07) is 17.1. The Hall–Kier alpha value is -1.80. The lowest BCUT2D eigenvalue weighted by Gasteiger charge is -2.15. The van der Waals surface area contributed by atoms with Crippen LogP contribution in [0.25, 0.3) is 0 Å². The van der Waals surface area contributed by atoms with Gasteiger partial charge in [-0.05, 0) is 37.5 Å². The molecule has 0 radical (unpaired) electrons. The molecule has 0 heterocycles. The van der Waals surface area contributed by atoms with E-state index in [4.69, 9.17) is 4.74 Å². The minimum atomic E-state index is 0.523. The summed E-state index contributed by atoms with van der Waals surface area (Å²) in [5.41, 5.74) is 3.72. The first-order valence-electron chi connectivity index (χ1n) is 7.69. The van der Waals surface area contributed by atoms with E-state index in [-0.39, 0.29) is 0 Å². The summed E-state index contributed by atoms with van der Waals surface area (Å²) in [7, 11) is 0. The third-order valence-corrected chi connectivity index (χ3v) is 3.87. The first-order chi connectivity index (χ1) is 10.2. The maximum atomic E-state index is 6.03. The second-order valence-corrected chi connectivity index (χ2v) is 5.51. The number of hydrogen-bond donors (Lipinski definition) is 1. The number of benzene rings is 2. The molecule has 0 saturated heterocycles. The van der Waals surface area contributed by atoms with Crippen LogP contribution in [0.1, 0.15) is 37.0 Å². The molecule has 2 heteroatoms. The quantitative estimate of drug-likeness (QED) is 0.810. The van der Waals surface area contributed by atoms with E-state index in [9.17, 15) is 0 Å². The van der Waals surface area contributed by atoms with Crippen LogP contribution in [0, 0.1) is 6.92 Å². The van der Waals surface area contributed by atoms with Crippen LogP contribution in [0.2, 0.25) is 0 Å². The second-order valence-electron chi connectivity index (χ2n) is 5.51. The van der Waals surface area contributed by atoms with Gasteiger partial charge >= 0.3 is 0 Å². The Balaban J connectivity index is 2.01. The van der Waals surface area contributed by atoms with Crippen molar-refractivity contribution in [3.63, 3.8) is 0 Å². The van der Waals surface area contributed by atoms with Gasteiger partial charge in [0, 0.05) is 18.2 Å². The molecule has 1 atom stereocenters. The van der Waals surface area contributed by atoms with Crippen molar-refractivity contribution in [2.24, 2.45) is 0 Å². The molecular formula is C19H25NO. The summed E-state index contributed by atoms with van der Waals surface area (Å²) in [5, 5.41) is 3.52. The van der Waals surface area contributed by atoms with Crippen molar-refractivity contribution < 1.29 is 4.74 Å². The third kappa shape index (κ3) is 4.61. The average Bonchev–Trinajstić information content (AvgIpc) is 2.52. The zero-order chi connectivity index (χ0) is 15.1. The molecule has 0 aliphatic carbocycles. The second kappa shape index (κ2) is 7.84. The summed E-state index contributed by atoms with van der Waals surface area (Å²) in [5.74, 6) is 0.969. The SMILES string of the molecule is CCC(C)NCc1ccccc1OCc1ccccc1C. The van der Waals surface area contributed by atoms with Crippen molar-refractivity contribution in [2.75, 3.05) is 0 Å². The Kier molecular flexibility index (Phi) is 5.82. The molecule has 0 aliphatic heterocycles. The number of nitrogens with one attached hydrogen (secondary N) is 1. The van der Waals surface area contributed by atoms with E-state index >= 15 is 0 Å². The van der Waals surface area contributed by atoms with Gasteiger partial charge in [0.2, 0.25) is 0 Å². The first-order valence-corrected chi connectivity index (χ1v) is 7.69. The van der Waals surface area contributed by atoms with Gasteiger partial charge in [-0.2, -0.15) is 0 Å². The maximum Gasteiger partial charge on any atom is 0.124 e. The fourth-order valence-electron chi connectivity index (χ4n) is 2.15. The first kappa shape index (κ1) is 15.6. The highest BCUT2D eigenvalue weighted by Crippen LogP contribution is 2.20. The van der Waals surface area contributed by atoms with Gasteiger partial charge in [-0.3, -0.25) is 0 Å². The van der Waals surface area contributed by atoms with Gasteiger partial charge in [0.15, 0.2) is 0 Å². The lowest BCUT2D eigenvalue weighted by Crippen LogP contribution is -2.24. The zero-order valence-corrected chi connectivity index (χ0v) is 13.2. The topological polar surface area (TPSA) is 21.3 Å². The number of hydrogen-bond acceptors (Lipinski definition) is 2. The summed E-state index contributed by atoms with van der Waals surface area (Å²) in [6.07, 6.45) is 1.13. The highest BCUT2D eigenvalue weighted by Gasteiger charge is 2.06. The molecule has 2 rings (SSSR count). The van der Waals surface area contributed by atoms with Gasteiger partial charge < -0.3 is 10.1 Å². The van der Waals surface area contributed by atoms with Gasteiger partial charge in [-0.25, -0.2) is 0 Å². The van der Waals surface area contributed by atoms with E-state index in [1.54, 1.807) is 0 Å². The van der Waals surface area contributed by atoms with Crippen LogP contribution >= 0.6 is 0 Å². The Morgan fingerprint density at radius 1 is 1.00 bits per heavy atom. The predicted molar refractivity (Wildman–Crippen MR) is 88.5 cm³/mol. The van der Waals surface area contributed by atoms with Gasteiger partial charge in [0.05, 0.1) is 0 Å². The predicted octanol–water partition coefficient (Wildman–Crippen LogP) is 4.46. The van der Waals surface area contributed by atoms with E-state index in [0.29, 0.717) is 12.6 Å². The molecule has 0 saturated carbocycles. The molecule has 1 unspecified atom stereocenters. The molecular weight excluding hydrogens is 258 g/mol.